The highest BCUT2D eigenvalue weighted by atomic mass is 19.1. The molecule has 11 nitrogen and oxygen atoms in total. The third-order valence-electron chi connectivity index (χ3n) is 9.88. The predicted octanol–water partition coefficient (Wildman–Crippen LogP) is 9.00. The fourth-order valence-corrected chi connectivity index (χ4v) is 6.91. The molecule has 1 aliphatic rings. The number of fused-ring (bicyclic) bond motifs is 1. The van der Waals surface area contributed by atoms with E-state index in [0.717, 1.165) is 46.2 Å². The molecule has 0 saturated carbocycles. The number of nitrogens with one attached hydrogen (secondary N) is 2. The van der Waals surface area contributed by atoms with Crippen molar-refractivity contribution in [2.45, 2.75) is 117 Å². The third kappa shape index (κ3) is 12.4. The first-order valence-electron chi connectivity index (χ1n) is 20.5. The van der Waals surface area contributed by atoms with Crippen molar-refractivity contribution in [1.82, 2.24) is 10.6 Å². The van der Waals surface area contributed by atoms with Crippen LogP contribution in [0.5, 0.6) is 23.0 Å². The maximum Gasteiger partial charge on any atom is 0.408 e. The Morgan fingerprint density at radius 3 is 2.24 bits per heavy atom. The van der Waals surface area contributed by atoms with Crippen molar-refractivity contribution in [3.63, 3.8) is 0 Å². The van der Waals surface area contributed by atoms with Gasteiger partial charge in [-0.1, -0.05) is 75.7 Å². The van der Waals surface area contributed by atoms with E-state index in [-0.39, 0.29) is 12.2 Å². The van der Waals surface area contributed by atoms with Gasteiger partial charge >= 0.3 is 12.1 Å². The van der Waals surface area contributed by atoms with E-state index in [1.54, 1.807) is 39.8 Å². The zero-order valence-corrected chi connectivity index (χ0v) is 34.9. The van der Waals surface area contributed by atoms with Crippen LogP contribution in [0.15, 0.2) is 78.9 Å². The van der Waals surface area contributed by atoms with Gasteiger partial charge in [-0.25, -0.2) is 14.0 Å². The number of rotatable bonds is 19. The Morgan fingerprint density at radius 1 is 0.881 bits per heavy atom. The fourth-order valence-electron chi connectivity index (χ4n) is 6.91. The minimum Gasteiger partial charge on any atom is -0.493 e. The Balaban J connectivity index is 1.23. The lowest BCUT2D eigenvalue weighted by atomic mass is 9.95. The molecule has 5 rings (SSSR count). The first-order valence-corrected chi connectivity index (χ1v) is 20.5. The summed E-state index contributed by atoms with van der Waals surface area (Å²) in [5.41, 5.74) is 4.74. The Hall–Kier alpha value is -5.78. The molecule has 1 heterocycles. The lowest BCUT2D eigenvalue weighted by Crippen LogP contribution is -2.58. The van der Waals surface area contributed by atoms with Gasteiger partial charge in [-0.05, 0) is 99.4 Å². The third-order valence-corrected chi connectivity index (χ3v) is 9.88. The van der Waals surface area contributed by atoms with Crippen LogP contribution < -0.4 is 29.6 Å². The second-order valence-corrected chi connectivity index (χ2v) is 15.6. The van der Waals surface area contributed by atoms with Crippen LogP contribution in [0.3, 0.4) is 0 Å². The summed E-state index contributed by atoms with van der Waals surface area (Å²) in [7, 11) is 0. The molecule has 2 amide bonds. The van der Waals surface area contributed by atoms with Crippen LogP contribution in [0.1, 0.15) is 89.5 Å². The van der Waals surface area contributed by atoms with Gasteiger partial charge in [-0.2, -0.15) is 0 Å². The number of carbonyl (C=O) groups excluding carboxylic acids is 2. The Morgan fingerprint density at radius 2 is 1.59 bits per heavy atom. The lowest BCUT2D eigenvalue weighted by molar-refractivity contribution is -0.141. The molecule has 59 heavy (non-hydrogen) atoms. The number of hydrogen-bond donors (Lipinski definition) is 3. The maximum atomic E-state index is 13.8. The van der Waals surface area contributed by atoms with E-state index in [1.807, 2.05) is 54.6 Å². The smallest absolute Gasteiger partial charge is 0.408 e. The molecule has 0 aromatic heterocycles. The number of benzene rings is 4. The molecule has 3 N–H and O–H groups in total. The fraction of sp³-hybridized carbons (Fsp3) is 0.426. The lowest BCUT2D eigenvalue weighted by Gasteiger charge is -2.31. The molecule has 0 bridgehead atoms. The highest BCUT2D eigenvalue weighted by Gasteiger charge is 2.35. The molecule has 4 aromatic rings. The molecular formula is C47H57FN2O9. The Labute approximate surface area is 346 Å². The zero-order valence-electron chi connectivity index (χ0n) is 34.9. The molecule has 0 aliphatic carbocycles. The first kappa shape index (κ1) is 44.3. The minimum atomic E-state index is -1.40. The summed E-state index contributed by atoms with van der Waals surface area (Å²) in [6, 6.07) is 21.8. The molecule has 0 radical (unpaired) electrons. The van der Waals surface area contributed by atoms with Crippen LogP contribution in [0, 0.1) is 5.82 Å². The van der Waals surface area contributed by atoms with E-state index in [0.29, 0.717) is 68.5 Å². The first-order chi connectivity index (χ1) is 28.3. The number of alkyl carbamates (subject to hydrolysis) is 1. The van der Waals surface area contributed by atoms with Gasteiger partial charge in [0, 0.05) is 23.6 Å². The number of aryl methyl sites for hydroxylation is 2. The van der Waals surface area contributed by atoms with Crippen molar-refractivity contribution in [2.24, 2.45) is 0 Å². The number of carboxylic acid groups (broad SMARTS) is 1. The molecule has 12 heteroatoms. The van der Waals surface area contributed by atoms with Crippen LogP contribution in [0.4, 0.5) is 9.18 Å². The molecule has 4 aromatic carbocycles. The van der Waals surface area contributed by atoms with Gasteiger partial charge in [-0.15, -0.1) is 0 Å². The van der Waals surface area contributed by atoms with Crippen molar-refractivity contribution in [2.75, 3.05) is 13.2 Å². The Bertz CT molecular complexity index is 2030. The van der Waals surface area contributed by atoms with E-state index in [9.17, 15) is 23.9 Å². The molecule has 3 atom stereocenters. The largest absolute Gasteiger partial charge is 0.493 e. The van der Waals surface area contributed by atoms with Crippen molar-refractivity contribution >= 4 is 18.0 Å². The van der Waals surface area contributed by atoms with Crippen LogP contribution in [0.2, 0.25) is 0 Å². The van der Waals surface area contributed by atoms with E-state index in [4.69, 9.17) is 23.7 Å². The number of amides is 2. The van der Waals surface area contributed by atoms with Gasteiger partial charge in [0.2, 0.25) is 0 Å². The summed E-state index contributed by atoms with van der Waals surface area (Å²) in [5, 5.41) is 15.1. The van der Waals surface area contributed by atoms with Gasteiger partial charge in [0.25, 0.3) is 5.91 Å². The SMILES string of the molecule is CCCc1c(OCCCOc2cc(OCc3ccccc3)c(-c3ccc(F)cc3)cc2CC)ccc2c1OC(C(=O)NC(CC)C(NC(=O)OC(C)(C)C)C(=O)O)CC2. The summed E-state index contributed by atoms with van der Waals surface area (Å²) in [4.78, 5) is 38.2. The summed E-state index contributed by atoms with van der Waals surface area (Å²) in [6.07, 6.45) is 2.26. The zero-order chi connectivity index (χ0) is 42.5. The van der Waals surface area contributed by atoms with Gasteiger partial charge in [0.1, 0.15) is 47.1 Å². The van der Waals surface area contributed by atoms with E-state index < -0.39 is 41.8 Å². The summed E-state index contributed by atoms with van der Waals surface area (Å²) < 4.78 is 44.4. The summed E-state index contributed by atoms with van der Waals surface area (Å²) in [5.74, 6) is 0.563. The molecule has 316 valence electrons. The van der Waals surface area contributed by atoms with Crippen LogP contribution in [-0.2, 0) is 40.2 Å². The summed E-state index contributed by atoms with van der Waals surface area (Å²) in [6.45, 7) is 12.0. The second kappa shape index (κ2) is 20.8. The number of carboxylic acids is 1. The average Bonchev–Trinajstić information content (AvgIpc) is 3.21. The highest BCUT2D eigenvalue weighted by molar-refractivity contribution is 5.85. The van der Waals surface area contributed by atoms with Gasteiger partial charge in [0.15, 0.2) is 6.10 Å². The van der Waals surface area contributed by atoms with Crippen LogP contribution in [-0.4, -0.2) is 60.1 Å². The molecule has 1 aliphatic heterocycles. The number of aliphatic carboxylic acids is 1. The maximum absolute atomic E-state index is 13.8. The minimum absolute atomic E-state index is 0.245. The monoisotopic (exact) mass is 812 g/mol. The van der Waals surface area contributed by atoms with Crippen LogP contribution in [0.25, 0.3) is 11.1 Å². The van der Waals surface area contributed by atoms with E-state index >= 15 is 0 Å². The van der Waals surface area contributed by atoms with Gasteiger partial charge in [-0.3, -0.25) is 4.79 Å². The van der Waals surface area contributed by atoms with Crippen molar-refractivity contribution in [3.8, 4) is 34.1 Å². The predicted molar refractivity (Wildman–Crippen MR) is 224 cm³/mol. The topological polar surface area (TPSA) is 142 Å². The standard InChI is InChI=1S/C47H57FN2O9/c1-7-14-35-38(23-19-33-20-24-39(58-43(33)35)44(51)49-37(9-3)42(45(52)53)50-46(54)59-47(4,5)6)55-25-13-26-56-40-28-41(57-29-30-15-11-10-12-16-30)36(27-31(40)8-2)32-17-21-34(48)22-18-32/h10-12,15-19,21-23,27-28,37,39,42H,7-9,13-14,20,24-26,29H2,1-6H3,(H,49,51)(H,50,54)(H,52,53). The molecule has 0 spiro atoms. The van der Waals surface area contributed by atoms with E-state index in [1.165, 1.54) is 12.1 Å². The number of halogens is 1. The normalized spacial score (nSPS) is 14.5. The number of hydrogen-bond acceptors (Lipinski definition) is 8. The molecule has 0 saturated heterocycles. The quantitative estimate of drug-likeness (QED) is 0.0792. The van der Waals surface area contributed by atoms with Crippen LogP contribution >= 0.6 is 0 Å². The van der Waals surface area contributed by atoms with Gasteiger partial charge in [0.05, 0.1) is 19.3 Å². The summed E-state index contributed by atoms with van der Waals surface area (Å²) >= 11 is 0. The van der Waals surface area contributed by atoms with Crippen molar-refractivity contribution < 1.29 is 47.6 Å². The second-order valence-electron chi connectivity index (χ2n) is 15.6. The number of ether oxygens (including phenoxy) is 5. The number of carbonyl (C=O) groups is 3. The molecular weight excluding hydrogens is 756 g/mol. The highest BCUT2D eigenvalue weighted by Crippen LogP contribution is 2.39. The average molecular weight is 813 g/mol. The molecule has 0 fully saturated rings. The van der Waals surface area contributed by atoms with Crippen molar-refractivity contribution in [1.29, 1.82) is 0 Å². The molecule has 3 unspecified atom stereocenters. The van der Waals surface area contributed by atoms with Gasteiger partial charge < -0.3 is 39.4 Å². The van der Waals surface area contributed by atoms with Crippen molar-refractivity contribution in [3.05, 3.63) is 107 Å². The van der Waals surface area contributed by atoms with E-state index in [2.05, 4.69) is 24.5 Å². The Kier molecular flexibility index (Phi) is 15.6.